The Labute approximate surface area is 205 Å². The molecule has 0 fully saturated rings. The fraction of sp³-hybridized carbons (Fsp3) is 0. The monoisotopic (exact) mass is 502 g/mol. The van der Waals surface area contributed by atoms with Gasteiger partial charge in [0.05, 0.1) is 21.4 Å². The number of anilines is 2. The lowest BCUT2D eigenvalue weighted by Crippen LogP contribution is -2.35. The third-order valence-corrected chi connectivity index (χ3v) is 5.15. The molecule has 6 nitrogen and oxygen atoms in total. The Morgan fingerprint density at radius 3 is 1.44 bits per heavy atom. The Morgan fingerprint density at radius 1 is 0.625 bits per heavy atom. The van der Waals surface area contributed by atoms with Gasteiger partial charge in [0.1, 0.15) is 0 Å². The molecule has 0 aliphatic carbocycles. The standard InChI is InChI=1S/C22H16Cl2N4O2S2/c23-15-8-1-3-10-17(15)25-21(31)27-19(29)13-6-5-7-14(12-13)20(30)28-22(32)26-18-11-4-2-9-16(18)24/h1-12H,(H2,25,27,29,31)(H2,26,28,30,32). The van der Waals surface area contributed by atoms with Crippen LogP contribution in [0.5, 0.6) is 0 Å². The zero-order valence-electron chi connectivity index (χ0n) is 16.3. The van der Waals surface area contributed by atoms with Crippen molar-refractivity contribution in [1.82, 2.24) is 10.6 Å². The number of carbonyl (C=O) groups excluding carboxylic acids is 2. The maximum atomic E-state index is 12.5. The van der Waals surface area contributed by atoms with Gasteiger partial charge in [-0.25, -0.2) is 0 Å². The van der Waals surface area contributed by atoms with Gasteiger partial charge < -0.3 is 10.6 Å². The predicted molar refractivity (Wildman–Crippen MR) is 137 cm³/mol. The van der Waals surface area contributed by atoms with Crippen LogP contribution in [0.3, 0.4) is 0 Å². The Hall–Kier alpha value is -3.04. The zero-order valence-corrected chi connectivity index (χ0v) is 19.5. The van der Waals surface area contributed by atoms with Crippen LogP contribution in [0.15, 0.2) is 72.8 Å². The van der Waals surface area contributed by atoms with Crippen molar-refractivity contribution in [1.29, 1.82) is 0 Å². The molecular formula is C22H16Cl2N4O2S2. The summed E-state index contributed by atoms with van der Waals surface area (Å²) in [5.74, 6) is -0.970. The lowest BCUT2D eigenvalue weighted by atomic mass is 10.1. The molecule has 3 aromatic rings. The Morgan fingerprint density at radius 2 is 1.03 bits per heavy atom. The minimum Gasteiger partial charge on any atom is -0.331 e. The summed E-state index contributed by atoms with van der Waals surface area (Å²) in [5, 5.41) is 11.9. The zero-order chi connectivity index (χ0) is 23.1. The van der Waals surface area contributed by atoms with Crippen LogP contribution in [-0.4, -0.2) is 22.0 Å². The van der Waals surface area contributed by atoms with Crippen LogP contribution in [0.4, 0.5) is 11.4 Å². The summed E-state index contributed by atoms with van der Waals surface area (Å²) in [6.07, 6.45) is 0. The van der Waals surface area contributed by atoms with E-state index in [9.17, 15) is 9.59 Å². The predicted octanol–water partition coefficient (Wildman–Crippen LogP) is 5.25. The second-order valence-corrected chi connectivity index (χ2v) is 7.99. The fourth-order valence-electron chi connectivity index (χ4n) is 2.58. The molecule has 10 heteroatoms. The lowest BCUT2D eigenvalue weighted by Gasteiger charge is -2.12. The van der Waals surface area contributed by atoms with E-state index in [0.717, 1.165) is 0 Å². The van der Waals surface area contributed by atoms with Gasteiger partial charge in [-0.3, -0.25) is 20.2 Å². The summed E-state index contributed by atoms with van der Waals surface area (Å²) in [6.45, 7) is 0. The van der Waals surface area contributed by atoms with Gasteiger partial charge in [-0.05, 0) is 66.9 Å². The quantitative estimate of drug-likeness (QED) is 0.365. The summed E-state index contributed by atoms with van der Waals surface area (Å²) < 4.78 is 0. The van der Waals surface area contributed by atoms with Gasteiger partial charge in [-0.15, -0.1) is 0 Å². The summed E-state index contributed by atoms with van der Waals surface area (Å²) in [5.41, 5.74) is 1.61. The average Bonchev–Trinajstić information content (AvgIpc) is 2.77. The second kappa shape index (κ2) is 11.0. The first-order valence-electron chi connectivity index (χ1n) is 9.17. The maximum absolute atomic E-state index is 12.5. The molecule has 4 N–H and O–H groups in total. The molecule has 162 valence electrons. The molecule has 0 saturated carbocycles. The van der Waals surface area contributed by atoms with Gasteiger partial charge in [0.25, 0.3) is 11.8 Å². The highest BCUT2D eigenvalue weighted by Crippen LogP contribution is 2.21. The first-order chi connectivity index (χ1) is 15.3. The van der Waals surface area contributed by atoms with Gasteiger partial charge in [-0.1, -0.05) is 53.5 Å². The second-order valence-electron chi connectivity index (χ2n) is 6.36. The Kier molecular flexibility index (Phi) is 8.13. The largest absolute Gasteiger partial charge is 0.331 e. The molecule has 0 radical (unpaired) electrons. The molecule has 32 heavy (non-hydrogen) atoms. The molecule has 0 heterocycles. The summed E-state index contributed by atoms with van der Waals surface area (Å²) in [6, 6.07) is 20.1. The minimum absolute atomic E-state index is 0.0723. The number of hydrogen-bond acceptors (Lipinski definition) is 4. The van der Waals surface area contributed by atoms with E-state index in [-0.39, 0.29) is 21.4 Å². The molecule has 0 aliphatic heterocycles. The highest BCUT2D eigenvalue weighted by Gasteiger charge is 2.14. The van der Waals surface area contributed by atoms with Crippen molar-refractivity contribution in [3.8, 4) is 0 Å². The van der Waals surface area contributed by atoms with E-state index in [0.29, 0.717) is 21.4 Å². The van der Waals surface area contributed by atoms with Crippen LogP contribution in [-0.2, 0) is 0 Å². The molecule has 0 unspecified atom stereocenters. The van der Waals surface area contributed by atoms with Crippen molar-refractivity contribution >= 4 is 81.1 Å². The summed E-state index contributed by atoms with van der Waals surface area (Å²) in [7, 11) is 0. The number of para-hydroxylation sites is 2. The molecule has 0 aromatic heterocycles. The number of benzene rings is 3. The van der Waals surface area contributed by atoms with Crippen LogP contribution < -0.4 is 21.3 Å². The van der Waals surface area contributed by atoms with Crippen LogP contribution in [0.25, 0.3) is 0 Å². The molecule has 0 bridgehead atoms. The van der Waals surface area contributed by atoms with Crippen molar-refractivity contribution in [3.63, 3.8) is 0 Å². The number of hydrogen-bond donors (Lipinski definition) is 4. The van der Waals surface area contributed by atoms with Crippen molar-refractivity contribution in [2.24, 2.45) is 0 Å². The number of carbonyl (C=O) groups is 2. The van der Waals surface area contributed by atoms with E-state index in [1.165, 1.54) is 6.07 Å². The van der Waals surface area contributed by atoms with E-state index >= 15 is 0 Å². The highest BCUT2D eigenvalue weighted by atomic mass is 35.5. The van der Waals surface area contributed by atoms with E-state index in [4.69, 9.17) is 47.6 Å². The first kappa shape index (κ1) is 23.6. The van der Waals surface area contributed by atoms with E-state index in [1.54, 1.807) is 66.7 Å². The van der Waals surface area contributed by atoms with Gasteiger partial charge in [0.2, 0.25) is 0 Å². The molecule has 3 aromatic carbocycles. The third-order valence-electron chi connectivity index (χ3n) is 4.09. The number of amides is 2. The topological polar surface area (TPSA) is 82.3 Å². The number of nitrogens with one attached hydrogen (secondary N) is 4. The molecule has 0 saturated heterocycles. The van der Waals surface area contributed by atoms with Crippen LogP contribution in [0.1, 0.15) is 20.7 Å². The van der Waals surface area contributed by atoms with E-state index in [1.807, 2.05) is 0 Å². The highest BCUT2D eigenvalue weighted by molar-refractivity contribution is 7.80. The van der Waals surface area contributed by atoms with Crippen LogP contribution in [0, 0.1) is 0 Å². The molecule has 0 atom stereocenters. The van der Waals surface area contributed by atoms with Gasteiger partial charge in [-0.2, -0.15) is 0 Å². The molecule has 0 spiro atoms. The molecule has 3 rings (SSSR count). The number of halogens is 2. The number of thiocarbonyl (C=S) groups is 2. The van der Waals surface area contributed by atoms with Gasteiger partial charge in [0, 0.05) is 11.1 Å². The first-order valence-corrected chi connectivity index (χ1v) is 10.7. The van der Waals surface area contributed by atoms with E-state index in [2.05, 4.69) is 21.3 Å². The molecule has 0 aliphatic rings. The average molecular weight is 503 g/mol. The third kappa shape index (κ3) is 6.48. The van der Waals surface area contributed by atoms with Crippen molar-refractivity contribution in [2.45, 2.75) is 0 Å². The van der Waals surface area contributed by atoms with Crippen LogP contribution >= 0.6 is 47.6 Å². The number of rotatable bonds is 4. The Balaban J connectivity index is 1.61. The fourth-order valence-corrected chi connectivity index (χ4v) is 3.36. The smallest absolute Gasteiger partial charge is 0.257 e. The van der Waals surface area contributed by atoms with Crippen molar-refractivity contribution < 1.29 is 9.59 Å². The van der Waals surface area contributed by atoms with E-state index < -0.39 is 11.8 Å². The van der Waals surface area contributed by atoms with Crippen molar-refractivity contribution in [3.05, 3.63) is 94.0 Å². The Bertz CT molecular complexity index is 1120. The maximum Gasteiger partial charge on any atom is 0.257 e. The normalized spacial score (nSPS) is 10.1. The summed E-state index contributed by atoms with van der Waals surface area (Å²) >= 11 is 22.5. The summed E-state index contributed by atoms with van der Waals surface area (Å²) in [4.78, 5) is 25.1. The van der Waals surface area contributed by atoms with Gasteiger partial charge in [0.15, 0.2) is 10.2 Å². The minimum atomic E-state index is -0.485. The SMILES string of the molecule is O=C(NC(=S)Nc1ccccc1Cl)c1cccc(C(=O)NC(=S)Nc2ccccc2Cl)c1. The lowest BCUT2D eigenvalue weighted by molar-refractivity contribution is 0.0976. The molecule has 2 amide bonds. The van der Waals surface area contributed by atoms with Crippen LogP contribution in [0.2, 0.25) is 10.0 Å². The van der Waals surface area contributed by atoms with Crippen molar-refractivity contribution in [2.75, 3.05) is 10.6 Å². The van der Waals surface area contributed by atoms with Gasteiger partial charge >= 0.3 is 0 Å². The molecular weight excluding hydrogens is 487 g/mol.